The minimum absolute atomic E-state index is 0.00614. The van der Waals surface area contributed by atoms with E-state index in [0.717, 1.165) is 17.8 Å². The molecule has 4 N–H and O–H groups in total. The Hall–Kier alpha value is -4.78. The van der Waals surface area contributed by atoms with Crippen LogP contribution in [0.15, 0.2) is 58.6 Å². The van der Waals surface area contributed by atoms with Crippen molar-refractivity contribution in [1.82, 2.24) is 19.9 Å². The smallest absolute Gasteiger partial charge is 0.319 e. The van der Waals surface area contributed by atoms with E-state index in [1.165, 1.54) is 6.07 Å². The van der Waals surface area contributed by atoms with Crippen molar-refractivity contribution < 1.29 is 27.0 Å². The molecule has 10 nitrogen and oxygen atoms in total. The van der Waals surface area contributed by atoms with Crippen LogP contribution in [0.2, 0.25) is 5.02 Å². The van der Waals surface area contributed by atoms with Gasteiger partial charge in [0.25, 0.3) is 6.08 Å². The Labute approximate surface area is 288 Å². The number of likely N-dealkylation sites (N-methyl/N-ethyl adjacent to an activating group) is 1. The van der Waals surface area contributed by atoms with Gasteiger partial charge in [0.05, 0.1) is 38.5 Å². The molecule has 16 heteroatoms. The number of pyridine rings is 1. The van der Waals surface area contributed by atoms with E-state index in [1.54, 1.807) is 30.3 Å². The first kappa shape index (κ1) is 34.1. The van der Waals surface area contributed by atoms with Gasteiger partial charge < -0.3 is 25.8 Å². The zero-order valence-electron chi connectivity index (χ0n) is 26.2. The Morgan fingerprint density at radius 2 is 2.06 bits per heavy atom. The minimum atomic E-state index is -1.73. The van der Waals surface area contributed by atoms with E-state index in [9.17, 15) is 18.4 Å². The van der Waals surface area contributed by atoms with E-state index >= 15 is 4.39 Å². The first-order valence-electron chi connectivity index (χ1n) is 14.9. The normalized spacial score (nSPS) is 16.7. The van der Waals surface area contributed by atoms with Gasteiger partial charge in [-0.25, -0.2) is 13.8 Å². The standard InChI is InChI=1S/C33H29ClF4N8O2S/c1-15(19-5-4-8-42-31(19)41)46-9-10-47-28-24-27(43-33(44-32(24)46)48-14-18-11-17(30(37)38)13-45(18)3)26(36)23(25(28)34)20-6-7-22(35)29(21(20)12-39)49-16(2)40/h4-8,15,18H,2,9-11,13-14,40H2,1,3H3,(H2,41,42)/t15-,18?/m1/s1. The summed E-state index contributed by atoms with van der Waals surface area (Å²) in [6, 6.07) is 6.68. The molecule has 1 fully saturated rings. The lowest BCUT2D eigenvalue weighted by Crippen LogP contribution is -2.32. The van der Waals surface area contributed by atoms with E-state index < -0.39 is 29.8 Å². The molecule has 49 heavy (non-hydrogen) atoms. The number of nitrogen functional groups attached to an aromatic ring is 1. The van der Waals surface area contributed by atoms with Crippen molar-refractivity contribution in [3.05, 3.63) is 81.5 Å². The molecule has 2 atom stereocenters. The SMILES string of the molecule is C=C(N)Sc1c(F)ccc(-c2c(Cl)c3c4c(nc(OCC5CC(=C(F)F)CN5C)nc4c2F)N([C@H](C)c2cccnc2N)CCO3)c1C#N. The quantitative estimate of drug-likeness (QED) is 0.147. The van der Waals surface area contributed by atoms with Gasteiger partial charge in [-0.1, -0.05) is 36.0 Å². The number of nitrogens with zero attached hydrogens (tertiary/aromatic N) is 6. The number of likely N-dealkylation sites (tertiary alicyclic amines) is 1. The molecule has 1 saturated heterocycles. The lowest BCUT2D eigenvalue weighted by molar-refractivity contribution is 0.188. The number of rotatable bonds is 8. The Balaban J connectivity index is 1.57. The third-order valence-corrected chi connectivity index (χ3v) is 9.75. The summed E-state index contributed by atoms with van der Waals surface area (Å²) in [6.45, 7) is 5.75. The zero-order valence-corrected chi connectivity index (χ0v) is 27.8. The molecule has 0 radical (unpaired) electrons. The van der Waals surface area contributed by atoms with Crippen molar-refractivity contribution in [3.8, 4) is 29.0 Å². The van der Waals surface area contributed by atoms with Crippen molar-refractivity contribution in [2.45, 2.75) is 30.3 Å². The Morgan fingerprint density at radius 1 is 1.29 bits per heavy atom. The zero-order chi connectivity index (χ0) is 35.1. The third kappa shape index (κ3) is 6.27. The first-order chi connectivity index (χ1) is 23.4. The van der Waals surface area contributed by atoms with Crippen molar-refractivity contribution in [2.24, 2.45) is 5.73 Å². The summed E-state index contributed by atoms with van der Waals surface area (Å²) in [5.41, 5.74) is 11.8. The van der Waals surface area contributed by atoms with Crippen LogP contribution in [0, 0.1) is 23.0 Å². The van der Waals surface area contributed by atoms with Gasteiger partial charge >= 0.3 is 6.01 Å². The maximum Gasteiger partial charge on any atom is 0.319 e. The molecule has 2 aliphatic rings. The monoisotopic (exact) mass is 712 g/mol. The second-order valence-corrected chi connectivity index (χ2v) is 13.0. The summed E-state index contributed by atoms with van der Waals surface area (Å²) in [7, 11) is 1.69. The maximum atomic E-state index is 17.0. The molecule has 6 rings (SSSR count). The number of nitrogens with two attached hydrogens (primary N) is 2. The second-order valence-electron chi connectivity index (χ2n) is 11.5. The molecule has 2 aromatic heterocycles. The predicted octanol–water partition coefficient (Wildman–Crippen LogP) is 6.79. The number of halogens is 5. The average Bonchev–Trinajstić information content (AvgIpc) is 3.33. The fourth-order valence-corrected chi connectivity index (χ4v) is 7.11. The van der Waals surface area contributed by atoms with Crippen LogP contribution in [0.25, 0.3) is 22.0 Å². The van der Waals surface area contributed by atoms with Crippen molar-refractivity contribution >= 4 is 45.9 Å². The van der Waals surface area contributed by atoms with Gasteiger partial charge in [0.2, 0.25) is 0 Å². The van der Waals surface area contributed by atoms with Gasteiger partial charge in [-0.2, -0.15) is 24.0 Å². The van der Waals surface area contributed by atoms with Crippen LogP contribution in [0.4, 0.5) is 29.2 Å². The summed E-state index contributed by atoms with van der Waals surface area (Å²) in [6.07, 6.45) is -0.0949. The average molecular weight is 713 g/mol. The molecular formula is C33H29ClF4N8O2S. The van der Waals surface area contributed by atoms with Crippen molar-refractivity contribution in [1.29, 1.82) is 5.26 Å². The van der Waals surface area contributed by atoms with E-state index in [1.807, 2.05) is 17.9 Å². The Bertz CT molecular complexity index is 2070. The number of nitriles is 1. The molecule has 0 spiro atoms. The fourth-order valence-electron chi connectivity index (χ4n) is 6.10. The summed E-state index contributed by atoms with van der Waals surface area (Å²) < 4.78 is 70.8. The molecule has 0 bridgehead atoms. The van der Waals surface area contributed by atoms with E-state index in [4.69, 9.17) is 32.5 Å². The Kier molecular flexibility index (Phi) is 9.47. The number of benzene rings is 2. The highest BCUT2D eigenvalue weighted by molar-refractivity contribution is 8.03. The van der Waals surface area contributed by atoms with Crippen molar-refractivity contribution in [3.63, 3.8) is 0 Å². The number of ether oxygens (including phenoxy) is 2. The number of thioether (sulfide) groups is 1. The van der Waals surface area contributed by atoms with Gasteiger partial charge in [-0.3, -0.25) is 4.90 Å². The molecule has 4 aromatic rings. The van der Waals surface area contributed by atoms with Gasteiger partial charge in [0.15, 0.2) is 11.6 Å². The topological polar surface area (TPSA) is 139 Å². The van der Waals surface area contributed by atoms with Crippen LogP contribution in [0.5, 0.6) is 11.8 Å². The van der Waals surface area contributed by atoms with E-state index in [2.05, 4.69) is 21.5 Å². The third-order valence-electron chi connectivity index (χ3n) is 8.52. The lowest BCUT2D eigenvalue weighted by Gasteiger charge is -2.30. The number of hydrogen-bond donors (Lipinski definition) is 2. The van der Waals surface area contributed by atoms with Gasteiger partial charge in [0.1, 0.15) is 42.3 Å². The highest BCUT2D eigenvalue weighted by atomic mass is 35.5. The fraction of sp³-hybridized carbons (Fsp3) is 0.273. The molecule has 2 aliphatic heterocycles. The molecule has 0 saturated carbocycles. The van der Waals surface area contributed by atoms with Crippen molar-refractivity contribution in [2.75, 3.05) is 44.0 Å². The molecule has 2 aromatic carbocycles. The molecule has 1 unspecified atom stereocenters. The van der Waals surface area contributed by atoms with Crippen LogP contribution in [0.3, 0.4) is 0 Å². The van der Waals surface area contributed by atoms with E-state index in [0.29, 0.717) is 5.56 Å². The predicted molar refractivity (Wildman–Crippen MR) is 179 cm³/mol. The minimum Gasteiger partial charge on any atom is -0.489 e. The van der Waals surface area contributed by atoms with Gasteiger partial charge in [-0.15, -0.1) is 0 Å². The molecule has 254 valence electrons. The Morgan fingerprint density at radius 3 is 2.73 bits per heavy atom. The summed E-state index contributed by atoms with van der Waals surface area (Å²) in [5.74, 6) is -1.18. The first-order valence-corrected chi connectivity index (χ1v) is 16.1. The van der Waals surface area contributed by atoms with Crippen LogP contribution >= 0.6 is 23.4 Å². The summed E-state index contributed by atoms with van der Waals surface area (Å²) in [4.78, 5) is 16.7. The van der Waals surface area contributed by atoms with Crippen LogP contribution in [0.1, 0.15) is 30.5 Å². The van der Waals surface area contributed by atoms with E-state index in [-0.39, 0.29) is 104 Å². The highest BCUT2D eigenvalue weighted by Gasteiger charge is 2.34. The van der Waals surface area contributed by atoms with Gasteiger partial charge in [-0.05, 0) is 38.6 Å². The van der Waals surface area contributed by atoms with Crippen LogP contribution in [-0.4, -0.2) is 59.2 Å². The van der Waals surface area contributed by atoms with Crippen LogP contribution in [-0.2, 0) is 0 Å². The summed E-state index contributed by atoms with van der Waals surface area (Å²) >= 11 is 7.64. The molecular weight excluding hydrogens is 684 g/mol. The largest absolute Gasteiger partial charge is 0.489 e. The number of hydrogen-bond acceptors (Lipinski definition) is 11. The highest BCUT2D eigenvalue weighted by Crippen LogP contribution is 2.50. The molecule has 0 amide bonds. The maximum absolute atomic E-state index is 17.0. The number of anilines is 2. The molecule has 4 heterocycles. The van der Waals surface area contributed by atoms with Gasteiger partial charge in [0, 0.05) is 41.0 Å². The lowest BCUT2D eigenvalue weighted by atomic mass is 9.97. The second kappa shape index (κ2) is 13.6. The number of aromatic nitrogens is 3. The van der Waals surface area contributed by atoms with Crippen LogP contribution < -0.4 is 25.8 Å². The summed E-state index contributed by atoms with van der Waals surface area (Å²) in [5, 5.41) is 10.1. The molecule has 0 aliphatic carbocycles.